The molecule has 1 aromatic carbocycles. The average molecular weight is 329 g/mol. The molecule has 1 aliphatic rings. The van der Waals surface area contributed by atoms with Gasteiger partial charge in [-0.3, -0.25) is 0 Å². The van der Waals surface area contributed by atoms with E-state index in [1.807, 2.05) is 43.5 Å². The van der Waals surface area contributed by atoms with Crippen molar-refractivity contribution in [3.05, 3.63) is 42.2 Å². The SMILES string of the molecule is CC(NC(=O)N1CCC(CO)CC1)c1cn(-c2ccccc2)nn1. The number of hydrogen-bond acceptors (Lipinski definition) is 4. The number of piperidine rings is 1. The summed E-state index contributed by atoms with van der Waals surface area (Å²) in [7, 11) is 0. The number of aliphatic hydroxyl groups is 1. The van der Waals surface area contributed by atoms with E-state index in [1.165, 1.54) is 0 Å². The van der Waals surface area contributed by atoms with Crippen LogP contribution < -0.4 is 5.32 Å². The zero-order valence-electron chi connectivity index (χ0n) is 13.8. The van der Waals surface area contributed by atoms with E-state index in [-0.39, 0.29) is 18.7 Å². The van der Waals surface area contributed by atoms with Crippen molar-refractivity contribution in [2.75, 3.05) is 19.7 Å². The molecular formula is C17H23N5O2. The summed E-state index contributed by atoms with van der Waals surface area (Å²) < 4.78 is 1.70. The van der Waals surface area contributed by atoms with Crippen LogP contribution in [0.4, 0.5) is 4.79 Å². The molecule has 3 rings (SSSR count). The van der Waals surface area contributed by atoms with Gasteiger partial charge in [-0.15, -0.1) is 5.10 Å². The molecule has 0 spiro atoms. The largest absolute Gasteiger partial charge is 0.396 e. The Hall–Kier alpha value is -2.41. The first-order valence-electron chi connectivity index (χ1n) is 8.31. The Morgan fingerprint density at radius 1 is 1.33 bits per heavy atom. The second-order valence-corrected chi connectivity index (χ2v) is 6.21. The number of nitrogens with one attached hydrogen (secondary N) is 1. The van der Waals surface area contributed by atoms with Crippen molar-refractivity contribution < 1.29 is 9.90 Å². The first kappa shape index (κ1) is 16.4. The Bertz CT molecular complexity index is 665. The Labute approximate surface area is 141 Å². The number of carbonyl (C=O) groups is 1. The van der Waals surface area contributed by atoms with E-state index in [0.717, 1.165) is 24.2 Å². The maximum atomic E-state index is 12.4. The highest BCUT2D eigenvalue weighted by atomic mass is 16.3. The Morgan fingerprint density at radius 2 is 2.04 bits per heavy atom. The minimum absolute atomic E-state index is 0.0897. The molecule has 1 fully saturated rings. The Kier molecular flexibility index (Phi) is 5.10. The third-order valence-corrected chi connectivity index (χ3v) is 4.48. The van der Waals surface area contributed by atoms with Crippen LogP contribution in [0.2, 0.25) is 0 Å². The summed E-state index contributed by atoms with van der Waals surface area (Å²) in [6, 6.07) is 9.43. The van der Waals surface area contributed by atoms with Crippen molar-refractivity contribution in [2.45, 2.75) is 25.8 Å². The van der Waals surface area contributed by atoms with Gasteiger partial charge in [-0.1, -0.05) is 23.4 Å². The lowest BCUT2D eigenvalue weighted by Crippen LogP contribution is -2.45. The Morgan fingerprint density at radius 3 is 2.71 bits per heavy atom. The number of aromatic nitrogens is 3. The smallest absolute Gasteiger partial charge is 0.317 e. The fraction of sp³-hybridized carbons (Fsp3) is 0.471. The molecule has 7 nitrogen and oxygen atoms in total. The normalized spacial score (nSPS) is 16.8. The number of hydrogen-bond donors (Lipinski definition) is 2. The zero-order chi connectivity index (χ0) is 16.9. The maximum absolute atomic E-state index is 12.4. The summed E-state index contributed by atoms with van der Waals surface area (Å²) >= 11 is 0. The van der Waals surface area contributed by atoms with Crippen LogP contribution in [0.3, 0.4) is 0 Å². The van der Waals surface area contributed by atoms with Crippen LogP contribution in [0.5, 0.6) is 0 Å². The van der Waals surface area contributed by atoms with Gasteiger partial charge in [0, 0.05) is 19.7 Å². The van der Waals surface area contributed by atoms with Crippen molar-refractivity contribution in [1.82, 2.24) is 25.2 Å². The molecule has 7 heteroatoms. The molecule has 24 heavy (non-hydrogen) atoms. The number of nitrogens with zero attached hydrogens (tertiary/aromatic N) is 4. The van der Waals surface area contributed by atoms with Gasteiger partial charge in [0.1, 0.15) is 5.69 Å². The van der Waals surface area contributed by atoms with Crippen LogP contribution in [-0.2, 0) is 0 Å². The van der Waals surface area contributed by atoms with E-state index in [1.54, 1.807) is 9.58 Å². The summed E-state index contributed by atoms with van der Waals surface area (Å²) in [5, 5.41) is 20.4. The van der Waals surface area contributed by atoms with Gasteiger partial charge in [0.15, 0.2) is 0 Å². The van der Waals surface area contributed by atoms with Crippen LogP contribution in [0.15, 0.2) is 36.5 Å². The monoisotopic (exact) mass is 329 g/mol. The van der Waals surface area contributed by atoms with Gasteiger partial charge >= 0.3 is 6.03 Å². The van der Waals surface area contributed by atoms with Gasteiger partial charge in [-0.05, 0) is 37.8 Å². The number of rotatable bonds is 4. The zero-order valence-corrected chi connectivity index (χ0v) is 13.8. The predicted molar refractivity (Wildman–Crippen MR) is 89.7 cm³/mol. The summed E-state index contributed by atoms with van der Waals surface area (Å²) in [6.07, 6.45) is 3.53. The van der Waals surface area contributed by atoms with Crippen LogP contribution in [0.25, 0.3) is 5.69 Å². The number of amides is 2. The van der Waals surface area contributed by atoms with Crippen molar-refractivity contribution in [3.8, 4) is 5.69 Å². The molecule has 1 atom stereocenters. The second kappa shape index (κ2) is 7.44. The van der Waals surface area contributed by atoms with Gasteiger partial charge in [-0.25, -0.2) is 9.48 Å². The number of benzene rings is 1. The Balaban J connectivity index is 1.58. The number of likely N-dealkylation sites (tertiary alicyclic amines) is 1. The molecule has 2 heterocycles. The van der Waals surface area contributed by atoms with Crippen LogP contribution >= 0.6 is 0 Å². The van der Waals surface area contributed by atoms with Crippen LogP contribution in [-0.4, -0.2) is 50.7 Å². The minimum atomic E-state index is -0.217. The molecule has 0 bridgehead atoms. The van der Waals surface area contributed by atoms with Crippen molar-refractivity contribution >= 4 is 6.03 Å². The number of urea groups is 1. The van der Waals surface area contributed by atoms with E-state index in [0.29, 0.717) is 19.0 Å². The van der Waals surface area contributed by atoms with Gasteiger partial charge in [0.05, 0.1) is 17.9 Å². The highest BCUT2D eigenvalue weighted by Gasteiger charge is 2.24. The molecule has 2 amide bonds. The van der Waals surface area contributed by atoms with E-state index < -0.39 is 0 Å². The molecule has 1 unspecified atom stereocenters. The molecule has 0 saturated carbocycles. The number of carbonyl (C=O) groups excluding carboxylic acids is 1. The second-order valence-electron chi connectivity index (χ2n) is 6.21. The van der Waals surface area contributed by atoms with Crippen molar-refractivity contribution in [1.29, 1.82) is 0 Å². The lowest BCUT2D eigenvalue weighted by molar-refractivity contribution is 0.136. The average Bonchev–Trinajstić information content (AvgIpc) is 3.13. The molecule has 1 saturated heterocycles. The van der Waals surface area contributed by atoms with Crippen LogP contribution in [0.1, 0.15) is 31.5 Å². The summed E-state index contributed by atoms with van der Waals surface area (Å²) in [4.78, 5) is 14.1. The van der Waals surface area contributed by atoms with Gasteiger partial charge in [-0.2, -0.15) is 0 Å². The molecule has 1 aromatic heterocycles. The fourth-order valence-electron chi connectivity index (χ4n) is 2.85. The van der Waals surface area contributed by atoms with Crippen molar-refractivity contribution in [2.24, 2.45) is 5.92 Å². The van der Waals surface area contributed by atoms with E-state index in [2.05, 4.69) is 15.6 Å². The molecule has 128 valence electrons. The molecule has 2 N–H and O–H groups in total. The summed E-state index contributed by atoms with van der Waals surface area (Å²) in [5.41, 5.74) is 1.65. The fourth-order valence-corrected chi connectivity index (χ4v) is 2.85. The quantitative estimate of drug-likeness (QED) is 0.895. The van der Waals surface area contributed by atoms with E-state index >= 15 is 0 Å². The first-order valence-corrected chi connectivity index (χ1v) is 8.31. The topological polar surface area (TPSA) is 83.3 Å². The molecule has 0 aliphatic carbocycles. The lowest BCUT2D eigenvalue weighted by atomic mass is 9.98. The van der Waals surface area contributed by atoms with Crippen LogP contribution in [0, 0.1) is 5.92 Å². The third-order valence-electron chi connectivity index (χ3n) is 4.48. The number of para-hydroxylation sites is 1. The highest BCUT2D eigenvalue weighted by molar-refractivity contribution is 5.74. The highest BCUT2D eigenvalue weighted by Crippen LogP contribution is 2.17. The predicted octanol–water partition coefficient (Wildman–Crippen LogP) is 1.74. The first-order chi connectivity index (χ1) is 11.7. The van der Waals surface area contributed by atoms with Gasteiger partial charge < -0.3 is 15.3 Å². The lowest BCUT2D eigenvalue weighted by Gasteiger charge is -2.31. The molecule has 0 radical (unpaired) electrons. The van der Waals surface area contributed by atoms with Gasteiger partial charge in [0.25, 0.3) is 0 Å². The summed E-state index contributed by atoms with van der Waals surface area (Å²) in [6.45, 7) is 3.47. The third kappa shape index (κ3) is 3.73. The minimum Gasteiger partial charge on any atom is -0.396 e. The molecular weight excluding hydrogens is 306 g/mol. The van der Waals surface area contributed by atoms with E-state index in [9.17, 15) is 4.79 Å². The standard InChI is InChI=1S/C17H23N5O2/c1-13(18-17(24)21-9-7-14(12-23)8-10-21)16-11-22(20-19-16)15-5-3-2-4-6-15/h2-6,11,13-14,23H,7-10,12H2,1H3,(H,18,24). The van der Waals surface area contributed by atoms with Gasteiger partial charge in [0.2, 0.25) is 0 Å². The molecule has 2 aromatic rings. The van der Waals surface area contributed by atoms with E-state index in [4.69, 9.17) is 5.11 Å². The summed E-state index contributed by atoms with van der Waals surface area (Å²) in [5.74, 6) is 0.317. The van der Waals surface area contributed by atoms with Crippen molar-refractivity contribution in [3.63, 3.8) is 0 Å². The maximum Gasteiger partial charge on any atom is 0.317 e. The molecule has 1 aliphatic heterocycles. The number of aliphatic hydroxyl groups excluding tert-OH is 1.